The highest BCUT2D eigenvalue weighted by molar-refractivity contribution is 6.14. The van der Waals surface area contributed by atoms with Crippen molar-refractivity contribution in [1.82, 2.24) is 29.1 Å². The summed E-state index contributed by atoms with van der Waals surface area (Å²) in [7, 11) is 0. The summed E-state index contributed by atoms with van der Waals surface area (Å²) in [6.07, 6.45) is 8.92. The Morgan fingerprint density at radius 3 is 2.67 bits per heavy atom. The Kier molecular flexibility index (Phi) is 8.09. The summed E-state index contributed by atoms with van der Waals surface area (Å²) in [6.45, 7) is 8.09. The smallest absolute Gasteiger partial charge is 0.419 e. The molecule has 1 atom stereocenters. The number of hydrogen-bond acceptors (Lipinski definition) is 9. The van der Waals surface area contributed by atoms with Gasteiger partial charge in [0.15, 0.2) is 5.65 Å². The number of amides is 1. The number of fused-ring (bicyclic) bond motifs is 2. The predicted molar refractivity (Wildman–Crippen MR) is 183 cm³/mol. The van der Waals surface area contributed by atoms with Crippen molar-refractivity contribution in [3.63, 3.8) is 0 Å². The van der Waals surface area contributed by atoms with Crippen LogP contribution in [0.15, 0.2) is 79.6 Å². The molecule has 1 saturated heterocycles. The lowest BCUT2D eigenvalue weighted by atomic mass is 10.1. The van der Waals surface area contributed by atoms with Crippen molar-refractivity contribution in [2.45, 2.75) is 58.8 Å². The molecule has 48 heavy (non-hydrogen) atoms. The third-order valence-electron chi connectivity index (χ3n) is 8.18. The van der Waals surface area contributed by atoms with Crippen LogP contribution in [0.4, 0.5) is 22.0 Å². The second-order valence-corrected chi connectivity index (χ2v) is 12.8. The Morgan fingerprint density at radius 2 is 1.85 bits per heavy atom. The van der Waals surface area contributed by atoms with E-state index in [4.69, 9.17) is 9.47 Å². The zero-order valence-corrected chi connectivity index (χ0v) is 27.2. The van der Waals surface area contributed by atoms with Gasteiger partial charge in [-0.25, -0.2) is 24.7 Å². The number of pyridine rings is 1. The normalized spacial score (nSPS) is 15.0. The molecule has 5 heterocycles. The van der Waals surface area contributed by atoms with Crippen molar-refractivity contribution >= 4 is 51.3 Å². The molecule has 1 aliphatic heterocycles. The number of ether oxygens (including phenoxy) is 2. The number of aromatic nitrogens is 6. The lowest BCUT2D eigenvalue weighted by Crippen LogP contribution is -2.26. The molecule has 2 aromatic carbocycles. The van der Waals surface area contributed by atoms with Gasteiger partial charge in [-0.05, 0) is 82.9 Å². The molecule has 244 valence electrons. The Balaban J connectivity index is 1.17. The highest BCUT2D eigenvalue weighted by Crippen LogP contribution is 2.34. The standard InChI is InChI=1S/C36H36N8O4/c1-22-14-15-23(41-34(45)26-19-43(35(46)48-36(2,3)4)28-12-6-5-10-24(26)28)18-27(22)42-32-25(11-9-16-37-32)30-31-33(39-20-38-30)44(21-40-31)29-13-7-8-17-47-29/h5-6,9-12,14-16,18-21,29H,7-8,13,17H2,1-4H3,(H,37,42)(H,41,45)/t29-/m0/s1. The lowest BCUT2D eigenvalue weighted by Gasteiger charge is -2.23. The number of benzene rings is 2. The highest BCUT2D eigenvalue weighted by Gasteiger charge is 2.24. The Bertz CT molecular complexity index is 2160. The number of rotatable bonds is 6. The zero-order chi connectivity index (χ0) is 33.4. The third kappa shape index (κ3) is 6.09. The fraction of sp³-hybridized carbons (Fsp3) is 0.278. The molecule has 1 amide bonds. The fourth-order valence-corrected chi connectivity index (χ4v) is 5.88. The van der Waals surface area contributed by atoms with Gasteiger partial charge in [0, 0.05) is 41.3 Å². The molecule has 0 radical (unpaired) electrons. The molecule has 1 fully saturated rings. The van der Waals surface area contributed by atoms with Gasteiger partial charge >= 0.3 is 6.09 Å². The SMILES string of the molecule is Cc1ccc(NC(=O)c2cn(C(=O)OC(C)(C)C)c3ccccc23)cc1Nc1ncccc1-c1ncnc2c1ncn2[C@@H]1CCCCO1. The first-order valence-corrected chi connectivity index (χ1v) is 15.9. The van der Waals surface area contributed by atoms with Crippen LogP contribution < -0.4 is 10.6 Å². The van der Waals surface area contributed by atoms with Gasteiger partial charge in [0.25, 0.3) is 5.91 Å². The molecule has 12 heteroatoms. The summed E-state index contributed by atoms with van der Waals surface area (Å²) < 4.78 is 14.9. The molecule has 12 nitrogen and oxygen atoms in total. The van der Waals surface area contributed by atoms with E-state index in [9.17, 15) is 9.59 Å². The van der Waals surface area contributed by atoms with Crippen molar-refractivity contribution in [3.8, 4) is 11.3 Å². The first-order chi connectivity index (χ1) is 23.2. The van der Waals surface area contributed by atoms with E-state index < -0.39 is 11.7 Å². The molecule has 4 aromatic heterocycles. The van der Waals surface area contributed by atoms with Crippen LogP contribution >= 0.6 is 0 Å². The number of anilines is 3. The van der Waals surface area contributed by atoms with Crippen LogP contribution in [0.3, 0.4) is 0 Å². The predicted octanol–water partition coefficient (Wildman–Crippen LogP) is 7.63. The van der Waals surface area contributed by atoms with E-state index in [-0.39, 0.29) is 12.1 Å². The van der Waals surface area contributed by atoms with E-state index >= 15 is 0 Å². The number of imidazole rings is 1. The Labute approximate surface area is 277 Å². The molecular weight excluding hydrogens is 608 g/mol. The van der Waals surface area contributed by atoms with Crippen LogP contribution in [-0.4, -0.2) is 53.3 Å². The molecule has 1 aliphatic rings. The molecule has 0 bridgehead atoms. The lowest BCUT2D eigenvalue weighted by molar-refractivity contribution is -0.0298. The van der Waals surface area contributed by atoms with E-state index in [2.05, 4.69) is 30.6 Å². The minimum Gasteiger partial charge on any atom is -0.443 e. The summed E-state index contributed by atoms with van der Waals surface area (Å²) in [5, 5.41) is 7.09. The minimum atomic E-state index is -0.686. The summed E-state index contributed by atoms with van der Waals surface area (Å²) in [5.41, 5.74) is 5.27. The van der Waals surface area contributed by atoms with Gasteiger partial charge in [-0.15, -0.1) is 0 Å². The fourth-order valence-electron chi connectivity index (χ4n) is 5.88. The monoisotopic (exact) mass is 644 g/mol. The van der Waals surface area contributed by atoms with Crippen molar-refractivity contribution in [2.75, 3.05) is 17.2 Å². The Hall–Kier alpha value is -5.62. The molecule has 2 N–H and O–H groups in total. The van der Waals surface area contributed by atoms with Gasteiger partial charge < -0.3 is 20.1 Å². The van der Waals surface area contributed by atoms with Crippen LogP contribution in [0.5, 0.6) is 0 Å². The van der Waals surface area contributed by atoms with Crippen molar-refractivity contribution in [1.29, 1.82) is 0 Å². The summed E-state index contributed by atoms with van der Waals surface area (Å²) in [4.78, 5) is 45.1. The first-order valence-electron chi connectivity index (χ1n) is 15.9. The second-order valence-electron chi connectivity index (χ2n) is 12.8. The van der Waals surface area contributed by atoms with Crippen LogP contribution in [-0.2, 0) is 9.47 Å². The molecule has 0 aliphatic carbocycles. The summed E-state index contributed by atoms with van der Waals surface area (Å²) in [6, 6.07) is 16.6. The van der Waals surface area contributed by atoms with Crippen LogP contribution in [0, 0.1) is 6.92 Å². The number of nitrogens with zero attached hydrogens (tertiary/aromatic N) is 6. The van der Waals surface area contributed by atoms with Gasteiger partial charge in [-0.3, -0.25) is 13.9 Å². The number of aryl methyl sites for hydroxylation is 1. The maximum atomic E-state index is 13.6. The summed E-state index contributed by atoms with van der Waals surface area (Å²) in [5.74, 6) is 0.218. The molecule has 6 aromatic rings. The third-order valence-corrected chi connectivity index (χ3v) is 8.18. The molecular formula is C36H36N8O4. The molecule has 0 unspecified atom stereocenters. The van der Waals surface area contributed by atoms with Crippen molar-refractivity contribution in [3.05, 3.63) is 90.8 Å². The number of hydrogen-bond donors (Lipinski definition) is 2. The van der Waals surface area contributed by atoms with E-state index in [0.29, 0.717) is 51.4 Å². The maximum absolute atomic E-state index is 13.6. The first kappa shape index (κ1) is 31.0. The minimum absolute atomic E-state index is 0.104. The number of carbonyl (C=O) groups excluding carboxylic acids is 2. The van der Waals surface area contributed by atoms with Gasteiger partial charge in [-0.1, -0.05) is 24.3 Å². The van der Waals surface area contributed by atoms with E-state index in [1.54, 1.807) is 39.4 Å². The quantitative estimate of drug-likeness (QED) is 0.187. The van der Waals surface area contributed by atoms with Gasteiger partial charge in [-0.2, -0.15) is 0 Å². The molecule has 0 spiro atoms. The van der Waals surface area contributed by atoms with Gasteiger partial charge in [0.05, 0.1) is 17.4 Å². The topological polar surface area (TPSA) is 138 Å². The van der Waals surface area contributed by atoms with E-state index in [1.165, 1.54) is 17.1 Å². The van der Waals surface area contributed by atoms with Crippen LogP contribution in [0.2, 0.25) is 0 Å². The van der Waals surface area contributed by atoms with Crippen LogP contribution in [0.25, 0.3) is 33.3 Å². The Morgan fingerprint density at radius 1 is 1.00 bits per heavy atom. The van der Waals surface area contributed by atoms with E-state index in [0.717, 1.165) is 36.1 Å². The largest absolute Gasteiger partial charge is 0.443 e. The highest BCUT2D eigenvalue weighted by atomic mass is 16.6. The average molecular weight is 645 g/mol. The number of para-hydroxylation sites is 1. The number of carbonyl (C=O) groups is 2. The molecule has 7 rings (SSSR count). The van der Waals surface area contributed by atoms with E-state index in [1.807, 2.05) is 60.0 Å². The second kappa shape index (κ2) is 12.5. The number of nitrogens with one attached hydrogen (secondary N) is 2. The average Bonchev–Trinajstić information content (AvgIpc) is 3.69. The zero-order valence-electron chi connectivity index (χ0n) is 27.2. The molecule has 0 saturated carbocycles. The van der Waals surface area contributed by atoms with Gasteiger partial charge in [0.2, 0.25) is 0 Å². The maximum Gasteiger partial charge on any atom is 0.419 e. The van der Waals surface area contributed by atoms with Crippen molar-refractivity contribution < 1.29 is 19.1 Å². The summed E-state index contributed by atoms with van der Waals surface area (Å²) >= 11 is 0. The van der Waals surface area contributed by atoms with Gasteiger partial charge in [0.1, 0.15) is 35.2 Å². The van der Waals surface area contributed by atoms with Crippen molar-refractivity contribution in [2.24, 2.45) is 0 Å². The van der Waals surface area contributed by atoms with Crippen LogP contribution in [0.1, 0.15) is 62.2 Å².